The zero-order chi connectivity index (χ0) is 13.7. The molecule has 0 aliphatic heterocycles. The number of carbonyl (C=O) groups is 1. The summed E-state index contributed by atoms with van der Waals surface area (Å²) >= 11 is 0. The minimum atomic E-state index is -0.801. The molecule has 0 fully saturated rings. The molecule has 0 radical (unpaired) electrons. The molecule has 2 atom stereocenters. The summed E-state index contributed by atoms with van der Waals surface area (Å²) in [5.74, 6) is -0.704. The van der Waals surface area contributed by atoms with Crippen molar-refractivity contribution in [3.63, 3.8) is 0 Å². The minimum Gasteiger partial charge on any atom is -0.388 e. The summed E-state index contributed by atoms with van der Waals surface area (Å²) in [6.07, 6.45) is -0.801. The Hall–Kier alpha value is -2.13. The van der Waals surface area contributed by atoms with Crippen molar-refractivity contribution in [2.24, 2.45) is 5.92 Å². The van der Waals surface area contributed by atoms with Crippen molar-refractivity contribution in [1.82, 2.24) is 0 Å². The molecule has 0 bridgehead atoms. The fourth-order valence-electron chi connectivity index (χ4n) is 1.86. The lowest BCUT2D eigenvalue weighted by atomic mass is 9.96. The van der Waals surface area contributed by atoms with E-state index >= 15 is 0 Å². The molecule has 19 heavy (non-hydrogen) atoms. The summed E-state index contributed by atoms with van der Waals surface area (Å²) < 4.78 is 0. The summed E-state index contributed by atoms with van der Waals surface area (Å²) in [4.78, 5) is 12.1. The fourth-order valence-corrected chi connectivity index (χ4v) is 1.86. The van der Waals surface area contributed by atoms with Gasteiger partial charge in [0.2, 0.25) is 5.91 Å². The van der Waals surface area contributed by atoms with E-state index < -0.39 is 12.0 Å². The number of hydrogen-bond acceptors (Lipinski definition) is 2. The van der Waals surface area contributed by atoms with Gasteiger partial charge in [-0.1, -0.05) is 55.5 Å². The molecular weight excluding hydrogens is 238 g/mol. The lowest BCUT2D eigenvalue weighted by Crippen LogP contribution is -2.25. The summed E-state index contributed by atoms with van der Waals surface area (Å²) in [7, 11) is 0. The van der Waals surface area contributed by atoms with Crippen molar-refractivity contribution in [1.29, 1.82) is 0 Å². The highest BCUT2D eigenvalue weighted by Crippen LogP contribution is 2.22. The van der Waals surface area contributed by atoms with Crippen LogP contribution in [0.1, 0.15) is 18.6 Å². The molecule has 3 heteroatoms. The lowest BCUT2D eigenvalue weighted by Gasteiger charge is -2.18. The van der Waals surface area contributed by atoms with Crippen molar-refractivity contribution >= 4 is 11.6 Å². The van der Waals surface area contributed by atoms with Crippen LogP contribution in [-0.4, -0.2) is 11.0 Å². The van der Waals surface area contributed by atoms with Gasteiger partial charge in [-0.2, -0.15) is 0 Å². The topological polar surface area (TPSA) is 49.3 Å². The Morgan fingerprint density at radius 2 is 1.53 bits per heavy atom. The van der Waals surface area contributed by atoms with Crippen LogP contribution >= 0.6 is 0 Å². The zero-order valence-electron chi connectivity index (χ0n) is 10.8. The SMILES string of the molecule is C[C@@H](C(=O)Nc1ccccc1)[C@H](O)c1ccccc1. The highest BCUT2D eigenvalue weighted by atomic mass is 16.3. The van der Waals surface area contributed by atoms with Gasteiger partial charge >= 0.3 is 0 Å². The lowest BCUT2D eigenvalue weighted by molar-refractivity contribution is -0.122. The van der Waals surface area contributed by atoms with Gasteiger partial charge in [0.1, 0.15) is 0 Å². The Morgan fingerprint density at radius 1 is 1.00 bits per heavy atom. The van der Waals surface area contributed by atoms with Crippen LogP contribution in [0.4, 0.5) is 5.69 Å². The van der Waals surface area contributed by atoms with Gasteiger partial charge in [-0.3, -0.25) is 4.79 Å². The summed E-state index contributed by atoms with van der Waals surface area (Å²) in [5, 5.41) is 13.0. The van der Waals surface area contributed by atoms with E-state index in [1.54, 1.807) is 6.92 Å². The Kier molecular flexibility index (Phi) is 4.31. The summed E-state index contributed by atoms with van der Waals surface area (Å²) in [5.41, 5.74) is 1.48. The van der Waals surface area contributed by atoms with Gasteiger partial charge in [0.25, 0.3) is 0 Å². The van der Waals surface area contributed by atoms with E-state index in [-0.39, 0.29) is 5.91 Å². The summed E-state index contributed by atoms with van der Waals surface area (Å²) in [6, 6.07) is 18.4. The van der Waals surface area contributed by atoms with E-state index in [4.69, 9.17) is 0 Å². The van der Waals surface area contributed by atoms with E-state index in [9.17, 15) is 9.90 Å². The molecule has 0 saturated carbocycles. The number of rotatable bonds is 4. The maximum absolute atomic E-state index is 12.1. The van der Waals surface area contributed by atoms with Crippen LogP contribution < -0.4 is 5.32 Å². The first-order valence-electron chi connectivity index (χ1n) is 6.27. The molecule has 0 saturated heterocycles. The first-order chi connectivity index (χ1) is 9.18. The third-order valence-corrected chi connectivity index (χ3v) is 3.07. The Morgan fingerprint density at radius 3 is 2.11 bits per heavy atom. The molecule has 0 spiro atoms. The first-order valence-corrected chi connectivity index (χ1v) is 6.27. The number of hydrogen-bond donors (Lipinski definition) is 2. The van der Waals surface area contributed by atoms with Gasteiger partial charge in [-0.15, -0.1) is 0 Å². The molecule has 0 aliphatic carbocycles. The van der Waals surface area contributed by atoms with Gasteiger partial charge in [-0.05, 0) is 17.7 Å². The summed E-state index contributed by atoms with van der Waals surface area (Å²) in [6.45, 7) is 1.72. The normalized spacial score (nSPS) is 13.6. The molecule has 98 valence electrons. The second-order valence-electron chi connectivity index (χ2n) is 4.50. The first kappa shape index (κ1) is 13.3. The van der Waals surface area contributed by atoms with Crippen molar-refractivity contribution < 1.29 is 9.90 Å². The Bertz CT molecular complexity index is 525. The standard InChI is InChI=1S/C16H17NO2/c1-12(15(18)13-8-4-2-5-9-13)16(19)17-14-10-6-3-7-11-14/h2-12,15,18H,1H3,(H,17,19)/t12-,15+/m1/s1. The van der Waals surface area contributed by atoms with Crippen LogP contribution in [-0.2, 0) is 4.79 Å². The quantitative estimate of drug-likeness (QED) is 0.882. The van der Waals surface area contributed by atoms with Crippen LogP contribution in [0.3, 0.4) is 0 Å². The van der Waals surface area contributed by atoms with Crippen molar-refractivity contribution in [3.8, 4) is 0 Å². The molecule has 2 aromatic rings. The third kappa shape index (κ3) is 3.42. The third-order valence-electron chi connectivity index (χ3n) is 3.07. The van der Waals surface area contributed by atoms with Gasteiger partial charge in [0, 0.05) is 5.69 Å². The molecule has 1 amide bonds. The number of carbonyl (C=O) groups excluding carboxylic acids is 1. The van der Waals surface area contributed by atoms with E-state index in [1.165, 1.54) is 0 Å². The minimum absolute atomic E-state index is 0.192. The van der Waals surface area contributed by atoms with E-state index in [1.807, 2.05) is 60.7 Å². The number of nitrogens with one attached hydrogen (secondary N) is 1. The zero-order valence-corrected chi connectivity index (χ0v) is 10.8. The predicted molar refractivity (Wildman–Crippen MR) is 75.6 cm³/mol. The van der Waals surface area contributed by atoms with Crippen LogP contribution in [0, 0.1) is 5.92 Å². The largest absolute Gasteiger partial charge is 0.388 e. The predicted octanol–water partition coefficient (Wildman–Crippen LogP) is 2.99. The Labute approximate surface area is 112 Å². The molecule has 0 aliphatic rings. The molecule has 2 N–H and O–H groups in total. The van der Waals surface area contributed by atoms with Crippen molar-refractivity contribution in [3.05, 3.63) is 66.2 Å². The average molecular weight is 255 g/mol. The second kappa shape index (κ2) is 6.16. The molecule has 0 unspecified atom stereocenters. The maximum atomic E-state index is 12.1. The molecular formula is C16H17NO2. The van der Waals surface area contributed by atoms with Crippen LogP contribution in [0.15, 0.2) is 60.7 Å². The van der Waals surface area contributed by atoms with Gasteiger partial charge in [0.05, 0.1) is 12.0 Å². The Balaban J connectivity index is 2.03. The fraction of sp³-hybridized carbons (Fsp3) is 0.188. The molecule has 3 nitrogen and oxygen atoms in total. The highest BCUT2D eigenvalue weighted by Gasteiger charge is 2.23. The molecule has 0 aromatic heterocycles. The number of aliphatic hydroxyl groups excluding tert-OH is 1. The number of para-hydroxylation sites is 1. The van der Waals surface area contributed by atoms with Crippen LogP contribution in [0.2, 0.25) is 0 Å². The van der Waals surface area contributed by atoms with Crippen molar-refractivity contribution in [2.75, 3.05) is 5.32 Å². The monoisotopic (exact) mass is 255 g/mol. The van der Waals surface area contributed by atoms with Gasteiger partial charge in [0.15, 0.2) is 0 Å². The van der Waals surface area contributed by atoms with Gasteiger partial charge in [-0.25, -0.2) is 0 Å². The van der Waals surface area contributed by atoms with Crippen molar-refractivity contribution in [2.45, 2.75) is 13.0 Å². The maximum Gasteiger partial charge on any atom is 0.230 e. The molecule has 0 heterocycles. The van der Waals surface area contributed by atoms with Gasteiger partial charge < -0.3 is 10.4 Å². The second-order valence-corrected chi connectivity index (χ2v) is 4.50. The number of aliphatic hydroxyl groups is 1. The number of benzene rings is 2. The smallest absolute Gasteiger partial charge is 0.230 e. The van der Waals surface area contributed by atoms with Crippen LogP contribution in [0.5, 0.6) is 0 Å². The number of anilines is 1. The molecule has 2 aromatic carbocycles. The van der Waals surface area contributed by atoms with E-state index in [0.717, 1.165) is 11.3 Å². The van der Waals surface area contributed by atoms with E-state index in [2.05, 4.69) is 5.32 Å². The van der Waals surface area contributed by atoms with Crippen LogP contribution in [0.25, 0.3) is 0 Å². The average Bonchev–Trinajstić information content (AvgIpc) is 2.47. The highest BCUT2D eigenvalue weighted by molar-refractivity contribution is 5.92. The van der Waals surface area contributed by atoms with E-state index in [0.29, 0.717) is 0 Å². The number of amides is 1. The molecule has 2 rings (SSSR count).